The van der Waals surface area contributed by atoms with Gasteiger partial charge < -0.3 is 10.0 Å². The molecule has 1 heterocycles. The van der Waals surface area contributed by atoms with Crippen molar-refractivity contribution in [1.82, 2.24) is 9.97 Å². The van der Waals surface area contributed by atoms with Crippen LogP contribution in [0.2, 0.25) is 0 Å². The topological polar surface area (TPSA) is 49.2 Å². The molecule has 72 valence electrons. The Kier molecular flexibility index (Phi) is 2.83. The van der Waals surface area contributed by atoms with Crippen LogP contribution in [0, 0.1) is 0 Å². The van der Waals surface area contributed by atoms with Gasteiger partial charge in [-0.1, -0.05) is 0 Å². The van der Waals surface area contributed by atoms with Crippen molar-refractivity contribution in [3.63, 3.8) is 0 Å². The smallest absolute Gasteiger partial charge is 0.132 e. The lowest BCUT2D eigenvalue weighted by Gasteiger charge is -2.34. The molecule has 4 heteroatoms. The van der Waals surface area contributed by atoms with Crippen molar-refractivity contribution in [2.75, 3.05) is 18.6 Å². The van der Waals surface area contributed by atoms with Crippen LogP contribution < -0.4 is 4.90 Å². The minimum Gasteiger partial charge on any atom is -0.394 e. The van der Waals surface area contributed by atoms with Crippen LogP contribution in [-0.2, 0) is 0 Å². The van der Waals surface area contributed by atoms with E-state index in [9.17, 15) is 0 Å². The predicted octanol–water partition coefficient (Wildman–Crippen LogP) is 0.684. The Labute approximate surface area is 78.2 Å². The molecule has 0 amide bonds. The van der Waals surface area contributed by atoms with E-state index in [1.54, 1.807) is 6.20 Å². The average molecular weight is 181 g/mol. The van der Waals surface area contributed by atoms with Crippen LogP contribution in [0.1, 0.15) is 13.8 Å². The molecule has 0 aliphatic heterocycles. The van der Waals surface area contributed by atoms with Gasteiger partial charge in [0.25, 0.3) is 0 Å². The number of nitrogens with zero attached hydrogens (tertiary/aromatic N) is 3. The Morgan fingerprint density at radius 3 is 2.69 bits per heavy atom. The number of likely N-dealkylation sites (N-methyl/N-ethyl adjacent to an activating group) is 1. The molecule has 0 atom stereocenters. The maximum atomic E-state index is 9.14. The second-order valence-corrected chi connectivity index (χ2v) is 3.60. The number of aliphatic hydroxyl groups excluding tert-OH is 1. The van der Waals surface area contributed by atoms with E-state index in [2.05, 4.69) is 9.97 Å². The molecular formula is C9H15N3O. The number of rotatable bonds is 3. The number of hydrogen-bond acceptors (Lipinski definition) is 4. The monoisotopic (exact) mass is 181 g/mol. The van der Waals surface area contributed by atoms with Crippen molar-refractivity contribution in [1.29, 1.82) is 0 Å². The van der Waals surface area contributed by atoms with Gasteiger partial charge in [0.2, 0.25) is 0 Å². The first-order valence-corrected chi connectivity index (χ1v) is 4.18. The van der Waals surface area contributed by atoms with Crippen LogP contribution in [0.5, 0.6) is 0 Å². The van der Waals surface area contributed by atoms with Gasteiger partial charge in [0.1, 0.15) is 12.1 Å². The summed E-state index contributed by atoms with van der Waals surface area (Å²) >= 11 is 0. The third kappa shape index (κ3) is 2.15. The van der Waals surface area contributed by atoms with Gasteiger partial charge in [0.05, 0.1) is 12.1 Å². The largest absolute Gasteiger partial charge is 0.394 e. The molecule has 4 nitrogen and oxygen atoms in total. The van der Waals surface area contributed by atoms with Gasteiger partial charge in [-0.25, -0.2) is 9.97 Å². The van der Waals surface area contributed by atoms with Crippen molar-refractivity contribution in [3.05, 3.63) is 18.6 Å². The molecule has 0 unspecified atom stereocenters. The Morgan fingerprint density at radius 1 is 1.54 bits per heavy atom. The molecule has 0 saturated heterocycles. The zero-order chi connectivity index (χ0) is 9.90. The third-order valence-electron chi connectivity index (χ3n) is 2.20. The zero-order valence-electron chi connectivity index (χ0n) is 8.23. The summed E-state index contributed by atoms with van der Waals surface area (Å²) in [5, 5.41) is 9.14. The van der Waals surface area contributed by atoms with Crippen LogP contribution in [0.4, 0.5) is 5.82 Å². The van der Waals surface area contributed by atoms with Gasteiger partial charge in [0, 0.05) is 13.2 Å². The molecule has 0 aromatic carbocycles. The fourth-order valence-corrected chi connectivity index (χ4v) is 0.898. The van der Waals surface area contributed by atoms with E-state index in [0.29, 0.717) is 0 Å². The fraction of sp³-hybridized carbons (Fsp3) is 0.556. The normalized spacial score (nSPS) is 11.4. The quantitative estimate of drug-likeness (QED) is 0.745. The highest BCUT2D eigenvalue weighted by atomic mass is 16.3. The molecule has 0 saturated carbocycles. The van der Waals surface area contributed by atoms with Crippen molar-refractivity contribution in [2.45, 2.75) is 19.4 Å². The number of hydrogen-bond donors (Lipinski definition) is 1. The summed E-state index contributed by atoms with van der Waals surface area (Å²) in [7, 11) is 1.90. The summed E-state index contributed by atoms with van der Waals surface area (Å²) in [5.41, 5.74) is -0.297. The van der Waals surface area contributed by atoms with Gasteiger partial charge in [-0.2, -0.15) is 0 Å². The Bertz CT molecular complexity index is 261. The van der Waals surface area contributed by atoms with Crippen molar-refractivity contribution >= 4 is 5.82 Å². The minimum absolute atomic E-state index is 0.0908. The maximum Gasteiger partial charge on any atom is 0.132 e. The number of aliphatic hydroxyl groups is 1. The van der Waals surface area contributed by atoms with E-state index in [-0.39, 0.29) is 12.1 Å². The van der Waals surface area contributed by atoms with Gasteiger partial charge >= 0.3 is 0 Å². The van der Waals surface area contributed by atoms with Gasteiger partial charge in [-0.15, -0.1) is 0 Å². The molecule has 13 heavy (non-hydrogen) atoms. The van der Waals surface area contributed by atoms with Crippen molar-refractivity contribution in [3.8, 4) is 0 Å². The first-order chi connectivity index (χ1) is 6.08. The minimum atomic E-state index is -0.297. The lowest BCUT2D eigenvalue weighted by atomic mass is 10.1. The van der Waals surface area contributed by atoms with Crippen molar-refractivity contribution < 1.29 is 5.11 Å². The number of aromatic nitrogens is 2. The summed E-state index contributed by atoms with van der Waals surface area (Å²) in [6.07, 6.45) is 3.19. The van der Waals surface area contributed by atoms with E-state index in [1.165, 1.54) is 6.33 Å². The second-order valence-electron chi connectivity index (χ2n) is 3.60. The fourth-order valence-electron chi connectivity index (χ4n) is 0.898. The Balaban J connectivity index is 2.85. The van der Waals surface area contributed by atoms with E-state index >= 15 is 0 Å². The molecule has 0 fully saturated rings. The van der Waals surface area contributed by atoms with Gasteiger partial charge in [0.15, 0.2) is 0 Å². The zero-order valence-corrected chi connectivity index (χ0v) is 8.23. The summed E-state index contributed by atoms with van der Waals surface area (Å²) < 4.78 is 0. The van der Waals surface area contributed by atoms with E-state index in [1.807, 2.05) is 31.9 Å². The van der Waals surface area contributed by atoms with Gasteiger partial charge in [-0.3, -0.25) is 0 Å². The molecule has 0 bridgehead atoms. The molecule has 1 aromatic rings. The molecule has 1 N–H and O–H groups in total. The highest BCUT2D eigenvalue weighted by Gasteiger charge is 2.23. The van der Waals surface area contributed by atoms with Crippen molar-refractivity contribution in [2.24, 2.45) is 0 Å². The molecule has 1 aromatic heterocycles. The first kappa shape index (κ1) is 9.92. The van der Waals surface area contributed by atoms with E-state index in [0.717, 1.165) is 5.82 Å². The maximum absolute atomic E-state index is 9.14. The third-order valence-corrected chi connectivity index (χ3v) is 2.20. The van der Waals surface area contributed by atoms with Crippen LogP contribution in [-0.4, -0.2) is 34.3 Å². The highest BCUT2D eigenvalue weighted by molar-refractivity contribution is 5.38. The second kappa shape index (κ2) is 3.70. The SMILES string of the molecule is CN(c1ccncn1)C(C)(C)CO. The summed E-state index contributed by atoms with van der Waals surface area (Å²) in [6.45, 7) is 4.00. The molecule has 0 spiro atoms. The molecule has 0 aliphatic rings. The summed E-state index contributed by atoms with van der Waals surface area (Å²) in [4.78, 5) is 9.86. The van der Waals surface area contributed by atoms with Crippen LogP contribution in [0.25, 0.3) is 0 Å². The summed E-state index contributed by atoms with van der Waals surface area (Å²) in [5.74, 6) is 0.814. The average Bonchev–Trinajstić information content (AvgIpc) is 2.18. The predicted molar refractivity (Wildman–Crippen MR) is 51.6 cm³/mol. The van der Waals surface area contributed by atoms with Crippen LogP contribution in [0.15, 0.2) is 18.6 Å². The Hall–Kier alpha value is -1.16. The van der Waals surface area contributed by atoms with E-state index in [4.69, 9.17) is 5.11 Å². The molecule has 0 aliphatic carbocycles. The molecule has 1 rings (SSSR count). The lowest BCUT2D eigenvalue weighted by molar-refractivity contribution is 0.215. The van der Waals surface area contributed by atoms with Crippen LogP contribution >= 0.6 is 0 Å². The molecule has 0 radical (unpaired) electrons. The number of anilines is 1. The highest BCUT2D eigenvalue weighted by Crippen LogP contribution is 2.17. The van der Waals surface area contributed by atoms with E-state index < -0.39 is 0 Å². The lowest BCUT2D eigenvalue weighted by Crippen LogP contribution is -2.44. The summed E-state index contributed by atoms with van der Waals surface area (Å²) in [6, 6.07) is 1.82. The van der Waals surface area contributed by atoms with Gasteiger partial charge in [-0.05, 0) is 19.9 Å². The first-order valence-electron chi connectivity index (χ1n) is 4.18. The molecular weight excluding hydrogens is 166 g/mol. The standard InChI is InChI=1S/C9H15N3O/c1-9(2,6-13)12(3)8-4-5-10-7-11-8/h4-5,7,13H,6H2,1-3H3. The Morgan fingerprint density at radius 2 is 2.23 bits per heavy atom. The van der Waals surface area contributed by atoms with Crippen LogP contribution in [0.3, 0.4) is 0 Å².